The maximum absolute atomic E-state index is 12.4. The van der Waals surface area contributed by atoms with Gasteiger partial charge in [-0.2, -0.15) is 0 Å². The van der Waals surface area contributed by atoms with Crippen LogP contribution in [-0.2, 0) is 22.4 Å². The predicted octanol–water partition coefficient (Wildman–Crippen LogP) is 1.21. The summed E-state index contributed by atoms with van der Waals surface area (Å²) in [7, 11) is 0. The Morgan fingerprint density at radius 3 is 3.10 bits per heavy atom. The van der Waals surface area contributed by atoms with Crippen LogP contribution in [0.25, 0.3) is 0 Å². The number of amides is 1. The SMILES string of the molecule is CC1(C)OCC(CNC(=O)c2cccc3c2CCNC3)O1. The Labute approximate surface area is 125 Å². The van der Waals surface area contributed by atoms with Gasteiger partial charge < -0.3 is 20.1 Å². The molecular formula is C16H22N2O3. The first-order chi connectivity index (χ1) is 10.1. The van der Waals surface area contributed by atoms with E-state index in [1.807, 2.05) is 26.0 Å². The summed E-state index contributed by atoms with van der Waals surface area (Å²) < 4.78 is 11.2. The molecule has 1 atom stereocenters. The molecule has 0 radical (unpaired) electrons. The predicted molar refractivity (Wildman–Crippen MR) is 79.1 cm³/mol. The molecule has 2 heterocycles. The van der Waals surface area contributed by atoms with Gasteiger partial charge in [0.2, 0.25) is 0 Å². The van der Waals surface area contributed by atoms with Crippen LogP contribution in [0.2, 0.25) is 0 Å². The fourth-order valence-corrected chi connectivity index (χ4v) is 2.91. The largest absolute Gasteiger partial charge is 0.349 e. The third kappa shape index (κ3) is 3.26. The van der Waals surface area contributed by atoms with Crippen molar-refractivity contribution in [1.29, 1.82) is 0 Å². The summed E-state index contributed by atoms with van der Waals surface area (Å²) in [4.78, 5) is 12.4. The van der Waals surface area contributed by atoms with Gasteiger partial charge in [-0.15, -0.1) is 0 Å². The molecule has 1 aromatic carbocycles. The van der Waals surface area contributed by atoms with Crippen LogP contribution in [0.5, 0.6) is 0 Å². The van der Waals surface area contributed by atoms with Crippen molar-refractivity contribution in [1.82, 2.24) is 10.6 Å². The van der Waals surface area contributed by atoms with Crippen molar-refractivity contribution < 1.29 is 14.3 Å². The first-order valence-corrected chi connectivity index (χ1v) is 7.47. The van der Waals surface area contributed by atoms with Gasteiger partial charge in [-0.05, 0) is 44.0 Å². The Morgan fingerprint density at radius 1 is 1.48 bits per heavy atom. The Bertz CT molecular complexity index is 542. The molecule has 0 aromatic heterocycles. The molecule has 2 aliphatic rings. The Kier molecular flexibility index (Phi) is 3.97. The number of nitrogens with one attached hydrogen (secondary N) is 2. The van der Waals surface area contributed by atoms with Crippen molar-refractivity contribution in [2.75, 3.05) is 19.7 Å². The average molecular weight is 290 g/mol. The first-order valence-electron chi connectivity index (χ1n) is 7.47. The highest BCUT2D eigenvalue weighted by Gasteiger charge is 2.32. The van der Waals surface area contributed by atoms with E-state index >= 15 is 0 Å². The minimum Gasteiger partial charge on any atom is -0.349 e. The van der Waals surface area contributed by atoms with Gasteiger partial charge in [-0.3, -0.25) is 4.79 Å². The second-order valence-electron chi connectivity index (χ2n) is 6.03. The number of carbonyl (C=O) groups is 1. The van der Waals surface area contributed by atoms with Gasteiger partial charge in [0.1, 0.15) is 6.10 Å². The monoisotopic (exact) mass is 290 g/mol. The van der Waals surface area contributed by atoms with Crippen molar-refractivity contribution in [2.45, 2.75) is 38.7 Å². The Balaban J connectivity index is 1.64. The quantitative estimate of drug-likeness (QED) is 0.878. The molecule has 5 heteroatoms. The minimum absolute atomic E-state index is 0.0259. The molecule has 2 N–H and O–H groups in total. The van der Waals surface area contributed by atoms with Crippen molar-refractivity contribution in [2.24, 2.45) is 0 Å². The zero-order valence-electron chi connectivity index (χ0n) is 12.6. The van der Waals surface area contributed by atoms with Crippen molar-refractivity contribution >= 4 is 5.91 Å². The van der Waals surface area contributed by atoms with Crippen LogP contribution in [0.1, 0.15) is 35.3 Å². The number of rotatable bonds is 3. The molecule has 0 saturated carbocycles. The molecule has 114 valence electrons. The summed E-state index contributed by atoms with van der Waals surface area (Å²) in [6.45, 7) is 6.52. The molecular weight excluding hydrogens is 268 g/mol. The van der Waals surface area contributed by atoms with E-state index in [2.05, 4.69) is 16.7 Å². The third-order valence-electron chi connectivity index (χ3n) is 3.94. The molecule has 2 aliphatic heterocycles. The van der Waals surface area contributed by atoms with Crippen LogP contribution >= 0.6 is 0 Å². The van der Waals surface area contributed by atoms with Crippen molar-refractivity contribution in [3.05, 3.63) is 34.9 Å². The normalized spacial score (nSPS) is 23.6. The van der Waals surface area contributed by atoms with E-state index in [4.69, 9.17) is 9.47 Å². The molecule has 3 rings (SSSR count). The standard InChI is InChI=1S/C16H22N2O3/c1-16(2)20-10-12(21-16)9-18-15(19)14-5-3-4-11-8-17-7-6-13(11)14/h3-5,12,17H,6-10H2,1-2H3,(H,18,19). The lowest BCUT2D eigenvalue weighted by Gasteiger charge is -2.20. The van der Waals surface area contributed by atoms with Crippen LogP contribution < -0.4 is 10.6 Å². The van der Waals surface area contributed by atoms with Crippen LogP contribution in [0.3, 0.4) is 0 Å². The van der Waals surface area contributed by atoms with Crippen LogP contribution in [0, 0.1) is 0 Å². The summed E-state index contributed by atoms with van der Waals surface area (Å²) in [5.41, 5.74) is 3.17. The fourth-order valence-electron chi connectivity index (χ4n) is 2.91. The van der Waals surface area contributed by atoms with E-state index in [1.165, 1.54) is 5.56 Å². The lowest BCUT2D eigenvalue weighted by atomic mass is 9.95. The van der Waals surface area contributed by atoms with E-state index in [9.17, 15) is 4.79 Å². The zero-order chi connectivity index (χ0) is 14.9. The van der Waals surface area contributed by atoms with Gasteiger partial charge in [0.25, 0.3) is 5.91 Å². The lowest BCUT2D eigenvalue weighted by molar-refractivity contribution is -0.137. The van der Waals surface area contributed by atoms with Gasteiger partial charge in [-0.25, -0.2) is 0 Å². The van der Waals surface area contributed by atoms with Crippen molar-refractivity contribution in [3.8, 4) is 0 Å². The van der Waals surface area contributed by atoms with Crippen LogP contribution in [0.15, 0.2) is 18.2 Å². The molecule has 1 fully saturated rings. The van der Waals surface area contributed by atoms with E-state index in [0.717, 1.165) is 30.6 Å². The van der Waals surface area contributed by atoms with E-state index in [1.54, 1.807) is 0 Å². The van der Waals surface area contributed by atoms with E-state index in [0.29, 0.717) is 13.2 Å². The number of hydrogen-bond donors (Lipinski definition) is 2. The number of benzene rings is 1. The molecule has 0 aliphatic carbocycles. The Morgan fingerprint density at radius 2 is 2.33 bits per heavy atom. The van der Waals surface area contributed by atoms with Gasteiger partial charge in [0.05, 0.1) is 6.61 Å². The minimum atomic E-state index is -0.549. The van der Waals surface area contributed by atoms with E-state index < -0.39 is 5.79 Å². The number of fused-ring (bicyclic) bond motifs is 1. The molecule has 21 heavy (non-hydrogen) atoms. The number of hydrogen-bond acceptors (Lipinski definition) is 4. The van der Waals surface area contributed by atoms with Crippen LogP contribution in [0.4, 0.5) is 0 Å². The first kappa shape index (κ1) is 14.5. The maximum atomic E-state index is 12.4. The molecule has 5 nitrogen and oxygen atoms in total. The van der Waals surface area contributed by atoms with Gasteiger partial charge in [0, 0.05) is 18.7 Å². The smallest absolute Gasteiger partial charge is 0.251 e. The average Bonchev–Trinajstić information content (AvgIpc) is 2.83. The zero-order valence-corrected chi connectivity index (χ0v) is 12.6. The lowest BCUT2D eigenvalue weighted by Crippen LogP contribution is -2.35. The highest BCUT2D eigenvalue weighted by Crippen LogP contribution is 2.22. The van der Waals surface area contributed by atoms with Gasteiger partial charge in [0.15, 0.2) is 5.79 Å². The molecule has 1 saturated heterocycles. The second-order valence-corrected chi connectivity index (χ2v) is 6.03. The highest BCUT2D eigenvalue weighted by molar-refractivity contribution is 5.96. The molecule has 0 bridgehead atoms. The van der Waals surface area contributed by atoms with Crippen molar-refractivity contribution in [3.63, 3.8) is 0 Å². The summed E-state index contributed by atoms with van der Waals surface area (Å²) in [6.07, 6.45) is 0.819. The third-order valence-corrected chi connectivity index (χ3v) is 3.94. The summed E-state index contributed by atoms with van der Waals surface area (Å²) in [5.74, 6) is -0.575. The summed E-state index contributed by atoms with van der Waals surface area (Å²) in [5, 5.41) is 6.29. The van der Waals surface area contributed by atoms with Gasteiger partial charge >= 0.3 is 0 Å². The molecule has 1 amide bonds. The summed E-state index contributed by atoms with van der Waals surface area (Å²) >= 11 is 0. The topological polar surface area (TPSA) is 59.6 Å². The van der Waals surface area contributed by atoms with E-state index in [-0.39, 0.29) is 12.0 Å². The Hall–Kier alpha value is -1.43. The number of carbonyl (C=O) groups excluding carboxylic acids is 1. The maximum Gasteiger partial charge on any atom is 0.251 e. The second kappa shape index (κ2) is 5.75. The van der Waals surface area contributed by atoms with Gasteiger partial charge in [-0.1, -0.05) is 12.1 Å². The molecule has 1 aromatic rings. The molecule has 0 spiro atoms. The summed E-state index contributed by atoms with van der Waals surface area (Å²) in [6, 6.07) is 5.92. The highest BCUT2D eigenvalue weighted by atomic mass is 16.7. The van der Waals surface area contributed by atoms with Crippen LogP contribution in [-0.4, -0.2) is 37.5 Å². The fraction of sp³-hybridized carbons (Fsp3) is 0.562. The number of ether oxygens (including phenoxy) is 2. The molecule has 1 unspecified atom stereocenters.